The summed E-state index contributed by atoms with van der Waals surface area (Å²) in [6, 6.07) is 6.53. The molecule has 0 atom stereocenters. The first-order valence-electron chi connectivity index (χ1n) is 6.83. The molecule has 0 unspecified atom stereocenters. The Balaban J connectivity index is 1.86. The number of methoxy groups -OCH3 is 1. The lowest BCUT2D eigenvalue weighted by Gasteiger charge is -2.02. The standard InChI is InChI=1S/C14H16N2O6S/c1-21-13(18)9-22-12(17)7-4-8-15-14-10-5-2-3-6-11(10)23(19,20)16-14/h2-3,5-6H,4,7-9H2,1H3,(H,15,16). The van der Waals surface area contributed by atoms with Crippen LogP contribution in [0.5, 0.6) is 0 Å². The molecule has 0 aliphatic carbocycles. The molecular weight excluding hydrogens is 324 g/mol. The van der Waals surface area contributed by atoms with Crippen molar-refractivity contribution in [3.63, 3.8) is 0 Å². The first-order chi connectivity index (χ1) is 10.9. The van der Waals surface area contributed by atoms with E-state index in [4.69, 9.17) is 0 Å². The van der Waals surface area contributed by atoms with Crippen LogP contribution >= 0.6 is 0 Å². The highest BCUT2D eigenvalue weighted by Gasteiger charge is 2.29. The van der Waals surface area contributed by atoms with E-state index < -0.39 is 28.6 Å². The van der Waals surface area contributed by atoms with Crippen molar-refractivity contribution in [2.24, 2.45) is 4.99 Å². The van der Waals surface area contributed by atoms with Crippen molar-refractivity contribution >= 4 is 27.8 Å². The van der Waals surface area contributed by atoms with Gasteiger partial charge >= 0.3 is 11.9 Å². The second-order valence-electron chi connectivity index (χ2n) is 4.67. The summed E-state index contributed by atoms with van der Waals surface area (Å²) >= 11 is 0. The van der Waals surface area contributed by atoms with Crippen molar-refractivity contribution in [2.75, 3.05) is 20.3 Å². The molecule has 2 rings (SSSR count). The summed E-state index contributed by atoms with van der Waals surface area (Å²) in [6.45, 7) is -0.170. The summed E-state index contributed by atoms with van der Waals surface area (Å²) in [4.78, 5) is 26.5. The lowest BCUT2D eigenvalue weighted by molar-refractivity contribution is -0.157. The van der Waals surface area contributed by atoms with Crippen LogP contribution in [-0.4, -0.2) is 46.5 Å². The average Bonchev–Trinajstić information content (AvgIpc) is 2.80. The first-order valence-corrected chi connectivity index (χ1v) is 8.31. The number of carbonyl (C=O) groups excluding carboxylic acids is 2. The Labute approximate surface area is 133 Å². The van der Waals surface area contributed by atoms with Crippen molar-refractivity contribution in [1.29, 1.82) is 0 Å². The molecule has 0 amide bonds. The molecule has 9 heteroatoms. The third-order valence-electron chi connectivity index (χ3n) is 3.05. The summed E-state index contributed by atoms with van der Waals surface area (Å²) in [5.74, 6) is -0.901. The molecule has 0 bridgehead atoms. The van der Waals surface area contributed by atoms with Crippen LogP contribution in [0.2, 0.25) is 0 Å². The molecule has 1 aliphatic rings. The minimum absolute atomic E-state index is 0.0716. The molecule has 8 nitrogen and oxygen atoms in total. The van der Waals surface area contributed by atoms with Gasteiger partial charge in [-0.2, -0.15) is 0 Å². The Bertz CT molecular complexity index is 741. The quantitative estimate of drug-likeness (QED) is 0.586. The number of hydrogen-bond donors (Lipinski definition) is 1. The van der Waals surface area contributed by atoms with Gasteiger partial charge < -0.3 is 9.47 Å². The SMILES string of the molecule is COC(=O)COC(=O)CCCN=C1NS(=O)(=O)c2ccccc21. The van der Waals surface area contributed by atoms with E-state index in [-0.39, 0.29) is 23.7 Å². The molecule has 0 saturated carbocycles. The van der Waals surface area contributed by atoms with Crippen molar-refractivity contribution in [2.45, 2.75) is 17.7 Å². The van der Waals surface area contributed by atoms with Crippen LogP contribution < -0.4 is 4.72 Å². The number of ether oxygens (including phenoxy) is 2. The third kappa shape index (κ3) is 4.28. The van der Waals surface area contributed by atoms with Crippen molar-refractivity contribution in [3.8, 4) is 0 Å². The Kier molecular flexibility index (Phi) is 5.32. The molecule has 0 aromatic heterocycles. The van der Waals surface area contributed by atoms with E-state index >= 15 is 0 Å². The average molecular weight is 340 g/mol. The Morgan fingerprint density at radius 2 is 1.96 bits per heavy atom. The minimum Gasteiger partial charge on any atom is -0.466 e. The first kappa shape index (κ1) is 16.9. The number of nitrogens with zero attached hydrogens (tertiary/aromatic N) is 1. The van der Waals surface area contributed by atoms with Crippen LogP contribution in [0.15, 0.2) is 34.2 Å². The van der Waals surface area contributed by atoms with E-state index in [0.29, 0.717) is 12.0 Å². The molecule has 0 radical (unpaired) electrons. The number of hydrogen-bond acceptors (Lipinski definition) is 7. The number of esters is 2. The van der Waals surface area contributed by atoms with Gasteiger partial charge in [0.2, 0.25) is 0 Å². The Morgan fingerprint density at radius 3 is 2.70 bits per heavy atom. The maximum atomic E-state index is 11.9. The van der Waals surface area contributed by atoms with Crippen LogP contribution in [0.3, 0.4) is 0 Å². The highest BCUT2D eigenvalue weighted by molar-refractivity contribution is 7.90. The lowest BCUT2D eigenvalue weighted by Crippen LogP contribution is -2.22. The fourth-order valence-corrected chi connectivity index (χ4v) is 3.19. The normalized spacial score (nSPS) is 16.5. The molecular formula is C14H16N2O6S. The van der Waals surface area contributed by atoms with E-state index in [1.165, 1.54) is 13.2 Å². The predicted molar refractivity (Wildman–Crippen MR) is 80.4 cm³/mol. The topological polar surface area (TPSA) is 111 Å². The molecule has 0 spiro atoms. The monoisotopic (exact) mass is 340 g/mol. The zero-order valence-corrected chi connectivity index (χ0v) is 13.3. The molecule has 124 valence electrons. The smallest absolute Gasteiger partial charge is 0.344 e. The fourth-order valence-electron chi connectivity index (χ4n) is 1.94. The number of fused-ring (bicyclic) bond motifs is 1. The minimum atomic E-state index is -3.55. The van der Waals surface area contributed by atoms with E-state index in [1.54, 1.807) is 18.2 Å². The molecule has 23 heavy (non-hydrogen) atoms. The summed E-state index contributed by atoms with van der Waals surface area (Å²) in [5, 5.41) is 0. The number of amidine groups is 1. The van der Waals surface area contributed by atoms with Gasteiger partial charge in [-0.15, -0.1) is 0 Å². The number of nitrogens with one attached hydrogen (secondary N) is 1. The highest BCUT2D eigenvalue weighted by Crippen LogP contribution is 2.22. The van der Waals surface area contributed by atoms with Crippen LogP contribution in [-0.2, 0) is 29.1 Å². The number of benzene rings is 1. The fraction of sp³-hybridized carbons (Fsp3) is 0.357. The molecule has 1 heterocycles. The highest BCUT2D eigenvalue weighted by atomic mass is 32.2. The summed E-state index contributed by atoms with van der Waals surface area (Å²) in [5.41, 5.74) is 0.515. The van der Waals surface area contributed by atoms with Crippen molar-refractivity contribution in [3.05, 3.63) is 29.8 Å². The van der Waals surface area contributed by atoms with Gasteiger partial charge in [-0.05, 0) is 18.6 Å². The maximum absolute atomic E-state index is 11.9. The van der Waals surface area contributed by atoms with Crippen LogP contribution in [0, 0.1) is 0 Å². The van der Waals surface area contributed by atoms with Gasteiger partial charge in [0.15, 0.2) is 6.61 Å². The van der Waals surface area contributed by atoms with Crippen molar-refractivity contribution in [1.82, 2.24) is 4.72 Å². The third-order valence-corrected chi connectivity index (χ3v) is 4.45. The zero-order valence-electron chi connectivity index (χ0n) is 12.4. The number of rotatable bonds is 6. The molecule has 0 fully saturated rings. The zero-order chi connectivity index (χ0) is 16.9. The summed E-state index contributed by atoms with van der Waals surface area (Å²) in [6.07, 6.45) is 0.440. The Hall–Kier alpha value is -2.42. The maximum Gasteiger partial charge on any atom is 0.344 e. The van der Waals surface area contributed by atoms with Gasteiger partial charge in [0, 0.05) is 18.5 Å². The van der Waals surface area contributed by atoms with Gasteiger partial charge in [0.1, 0.15) is 5.84 Å². The van der Waals surface area contributed by atoms with Gasteiger partial charge in [-0.1, -0.05) is 12.1 Å². The van der Waals surface area contributed by atoms with Gasteiger partial charge in [0.05, 0.1) is 12.0 Å². The summed E-state index contributed by atoms with van der Waals surface area (Å²) < 4.78 is 35.1. The predicted octanol–water partition coefficient (Wildman–Crippen LogP) is 0.221. The second kappa shape index (κ2) is 7.23. The molecule has 1 aromatic carbocycles. The molecule has 1 aromatic rings. The molecule has 1 N–H and O–H groups in total. The lowest BCUT2D eigenvalue weighted by atomic mass is 10.2. The van der Waals surface area contributed by atoms with E-state index in [1.807, 2.05) is 0 Å². The van der Waals surface area contributed by atoms with E-state index in [2.05, 4.69) is 19.2 Å². The summed E-state index contributed by atoms with van der Waals surface area (Å²) in [7, 11) is -2.35. The van der Waals surface area contributed by atoms with E-state index in [0.717, 1.165) is 0 Å². The number of carbonyl (C=O) groups is 2. The van der Waals surface area contributed by atoms with Crippen LogP contribution in [0.4, 0.5) is 0 Å². The van der Waals surface area contributed by atoms with Crippen LogP contribution in [0.1, 0.15) is 18.4 Å². The van der Waals surface area contributed by atoms with Gasteiger partial charge in [0.25, 0.3) is 10.0 Å². The number of aliphatic imine (C=N–C) groups is 1. The molecule has 1 aliphatic heterocycles. The second-order valence-corrected chi connectivity index (χ2v) is 6.32. The van der Waals surface area contributed by atoms with Gasteiger partial charge in [-0.25, -0.2) is 13.2 Å². The largest absolute Gasteiger partial charge is 0.466 e. The Morgan fingerprint density at radius 1 is 1.22 bits per heavy atom. The number of sulfonamides is 1. The van der Waals surface area contributed by atoms with Gasteiger partial charge in [-0.3, -0.25) is 14.5 Å². The van der Waals surface area contributed by atoms with Crippen LogP contribution in [0.25, 0.3) is 0 Å². The van der Waals surface area contributed by atoms with E-state index in [9.17, 15) is 18.0 Å². The molecule has 0 saturated heterocycles. The van der Waals surface area contributed by atoms with Crippen molar-refractivity contribution < 1.29 is 27.5 Å².